The number of hydrogen-bond acceptors (Lipinski definition) is 3. The van der Waals surface area contributed by atoms with Crippen molar-refractivity contribution in [1.82, 2.24) is 5.32 Å². The molecule has 0 unspecified atom stereocenters. The Labute approximate surface area is 147 Å². The van der Waals surface area contributed by atoms with Crippen LogP contribution in [-0.4, -0.2) is 24.5 Å². The van der Waals surface area contributed by atoms with Crippen LogP contribution in [-0.2, 0) is 0 Å². The lowest BCUT2D eigenvalue weighted by Crippen LogP contribution is -2.23. The topological polar surface area (TPSA) is 81.4 Å². The highest BCUT2D eigenvalue weighted by atomic mass is 16.5. The molecule has 128 valence electrons. The van der Waals surface area contributed by atoms with E-state index in [1.54, 1.807) is 48.5 Å². The van der Waals surface area contributed by atoms with Gasteiger partial charge in [0.1, 0.15) is 5.75 Å². The highest BCUT2D eigenvalue weighted by Crippen LogP contribution is 2.13. The number of nitrogens with one attached hydrogen (secondary N) is 1. The number of hydrogen-bond donors (Lipinski definition) is 2. The molecule has 0 saturated carbocycles. The molecule has 2 amide bonds. The first-order valence-corrected chi connectivity index (χ1v) is 7.89. The molecule has 0 aliphatic heterocycles. The number of carbonyl (C=O) groups excluding carboxylic acids is 2. The van der Waals surface area contributed by atoms with Gasteiger partial charge in [0.05, 0.1) is 12.6 Å². The summed E-state index contributed by atoms with van der Waals surface area (Å²) in [4.78, 5) is 23.0. The molecule has 5 nitrogen and oxygen atoms in total. The number of carbonyl (C=O) groups is 2. The van der Waals surface area contributed by atoms with Gasteiger partial charge in [-0.05, 0) is 62.4 Å². The number of ether oxygens (including phenoxy) is 1. The maximum absolute atomic E-state index is 12.0. The fourth-order valence-electron chi connectivity index (χ4n) is 2.05. The standard InChI is InChI=1S/C20H20N2O3/c1-14(2)25-18-11-9-17(10-12-18)20(24)22-13-3-4-15-5-7-16(8-6-15)19(21)23/h5-12,14H,13H2,1-2H3,(H2,21,23)(H,22,24). The van der Waals surface area contributed by atoms with Crippen LogP contribution in [0.2, 0.25) is 0 Å². The molecule has 0 aromatic heterocycles. The van der Waals surface area contributed by atoms with Crippen LogP contribution < -0.4 is 15.8 Å². The smallest absolute Gasteiger partial charge is 0.252 e. The first-order chi connectivity index (χ1) is 12.0. The monoisotopic (exact) mass is 336 g/mol. The number of primary amides is 1. The molecule has 0 aliphatic carbocycles. The predicted octanol–water partition coefficient (Wildman–Crippen LogP) is 2.35. The van der Waals surface area contributed by atoms with Gasteiger partial charge in [-0.15, -0.1) is 0 Å². The van der Waals surface area contributed by atoms with Crippen molar-refractivity contribution < 1.29 is 14.3 Å². The van der Waals surface area contributed by atoms with Crippen molar-refractivity contribution in [2.45, 2.75) is 20.0 Å². The van der Waals surface area contributed by atoms with E-state index in [0.717, 1.165) is 11.3 Å². The lowest BCUT2D eigenvalue weighted by molar-refractivity contribution is 0.0957. The van der Waals surface area contributed by atoms with Crippen LogP contribution >= 0.6 is 0 Å². The molecular weight excluding hydrogens is 316 g/mol. The molecule has 25 heavy (non-hydrogen) atoms. The third-order valence-electron chi connectivity index (χ3n) is 3.23. The molecule has 0 aliphatic rings. The number of rotatable bonds is 5. The molecule has 2 aromatic carbocycles. The van der Waals surface area contributed by atoms with Crippen molar-refractivity contribution in [3.8, 4) is 17.6 Å². The average Bonchev–Trinajstić information content (AvgIpc) is 2.59. The van der Waals surface area contributed by atoms with Gasteiger partial charge in [0.15, 0.2) is 0 Å². The first kappa shape index (κ1) is 18.1. The van der Waals surface area contributed by atoms with Crippen molar-refractivity contribution in [3.05, 3.63) is 65.2 Å². The maximum atomic E-state index is 12.0. The lowest BCUT2D eigenvalue weighted by atomic mass is 10.1. The fraction of sp³-hybridized carbons (Fsp3) is 0.200. The van der Waals surface area contributed by atoms with Gasteiger partial charge in [0, 0.05) is 16.7 Å². The van der Waals surface area contributed by atoms with Crippen LogP contribution in [0.15, 0.2) is 48.5 Å². The zero-order valence-electron chi connectivity index (χ0n) is 14.2. The van der Waals surface area contributed by atoms with E-state index in [-0.39, 0.29) is 18.6 Å². The van der Waals surface area contributed by atoms with E-state index in [4.69, 9.17) is 10.5 Å². The fourth-order valence-corrected chi connectivity index (χ4v) is 2.05. The summed E-state index contributed by atoms with van der Waals surface area (Å²) in [7, 11) is 0. The predicted molar refractivity (Wildman–Crippen MR) is 96.4 cm³/mol. The molecule has 0 saturated heterocycles. The molecule has 3 N–H and O–H groups in total. The van der Waals surface area contributed by atoms with Gasteiger partial charge in [-0.25, -0.2) is 0 Å². The summed E-state index contributed by atoms with van der Waals surface area (Å²) in [5.74, 6) is 5.83. The van der Waals surface area contributed by atoms with Gasteiger partial charge >= 0.3 is 0 Å². The molecule has 2 rings (SSSR count). The Balaban J connectivity index is 1.87. The van der Waals surface area contributed by atoms with E-state index in [1.807, 2.05) is 13.8 Å². The summed E-state index contributed by atoms with van der Waals surface area (Å²) < 4.78 is 5.54. The van der Waals surface area contributed by atoms with E-state index in [1.165, 1.54) is 0 Å². The minimum absolute atomic E-state index is 0.0898. The molecule has 0 bridgehead atoms. The van der Waals surface area contributed by atoms with Crippen molar-refractivity contribution >= 4 is 11.8 Å². The van der Waals surface area contributed by atoms with Crippen molar-refractivity contribution in [2.24, 2.45) is 5.73 Å². The van der Waals surface area contributed by atoms with Crippen LogP contribution in [0, 0.1) is 11.8 Å². The Hall–Kier alpha value is -3.26. The Bertz CT molecular complexity index is 798. The van der Waals surface area contributed by atoms with Crippen molar-refractivity contribution in [1.29, 1.82) is 0 Å². The summed E-state index contributed by atoms with van der Waals surface area (Å²) in [6.07, 6.45) is 0.0898. The Morgan fingerprint density at radius 2 is 1.64 bits per heavy atom. The normalized spacial score (nSPS) is 9.88. The summed E-state index contributed by atoms with van der Waals surface area (Å²) >= 11 is 0. The van der Waals surface area contributed by atoms with E-state index < -0.39 is 5.91 Å². The minimum Gasteiger partial charge on any atom is -0.491 e. The van der Waals surface area contributed by atoms with Gasteiger partial charge in [-0.1, -0.05) is 11.8 Å². The second kappa shape index (κ2) is 8.55. The Morgan fingerprint density at radius 1 is 1.04 bits per heavy atom. The van der Waals surface area contributed by atoms with Crippen molar-refractivity contribution in [3.63, 3.8) is 0 Å². The molecule has 0 atom stereocenters. The largest absolute Gasteiger partial charge is 0.491 e. The van der Waals surface area contributed by atoms with E-state index in [9.17, 15) is 9.59 Å². The van der Waals surface area contributed by atoms with Gasteiger partial charge in [-0.3, -0.25) is 9.59 Å². The first-order valence-electron chi connectivity index (χ1n) is 7.89. The van der Waals surface area contributed by atoms with E-state index in [2.05, 4.69) is 17.2 Å². The molecule has 0 radical (unpaired) electrons. The highest BCUT2D eigenvalue weighted by molar-refractivity contribution is 5.94. The lowest BCUT2D eigenvalue weighted by Gasteiger charge is -2.09. The van der Waals surface area contributed by atoms with E-state index in [0.29, 0.717) is 11.1 Å². The average molecular weight is 336 g/mol. The second-order valence-electron chi connectivity index (χ2n) is 5.62. The molecular formula is C20H20N2O3. The van der Waals surface area contributed by atoms with Gasteiger partial charge < -0.3 is 15.8 Å². The number of nitrogens with two attached hydrogens (primary N) is 1. The quantitative estimate of drug-likeness (QED) is 0.823. The summed E-state index contributed by atoms with van der Waals surface area (Å²) in [5.41, 5.74) is 6.90. The van der Waals surface area contributed by atoms with Crippen LogP contribution in [0.1, 0.15) is 40.1 Å². The zero-order chi connectivity index (χ0) is 18.2. The molecule has 0 fully saturated rings. The number of amides is 2. The highest BCUT2D eigenvalue weighted by Gasteiger charge is 2.05. The summed E-state index contributed by atoms with van der Waals surface area (Å²) in [6, 6.07) is 13.6. The zero-order valence-corrected chi connectivity index (χ0v) is 14.2. The van der Waals surface area contributed by atoms with Crippen LogP contribution in [0.5, 0.6) is 5.75 Å². The van der Waals surface area contributed by atoms with Crippen LogP contribution in [0.4, 0.5) is 0 Å². The third kappa shape index (κ3) is 5.70. The summed E-state index contributed by atoms with van der Waals surface area (Å²) in [6.45, 7) is 4.11. The summed E-state index contributed by atoms with van der Waals surface area (Å²) in [5, 5.41) is 2.73. The number of benzene rings is 2. The second-order valence-corrected chi connectivity index (χ2v) is 5.62. The minimum atomic E-state index is -0.475. The van der Waals surface area contributed by atoms with Crippen LogP contribution in [0.3, 0.4) is 0 Å². The van der Waals surface area contributed by atoms with Gasteiger partial charge in [-0.2, -0.15) is 0 Å². The molecule has 5 heteroatoms. The van der Waals surface area contributed by atoms with Gasteiger partial charge in [0.2, 0.25) is 5.91 Å². The maximum Gasteiger partial charge on any atom is 0.252 e. The van der Waals surface area contributed by atoms with E-state index >= 15 is 0 Å². The SMILES string of the molecule is CC(C)Oc1ccc(C(=O)NCC#Cc2ccc(C(N)=O)cc2)cc1. The Kier molecular flexibility index (Phi) is 6.19. The van der Waals surface area contributed by atoms with Crippen molar-refractivity contribution in [2.75, 3.05) is 6.54 Å². The third-order valence-corrected chi connectivity index (χ3v) is 3.23. The molecule has 0 heterocycles. The van der Waals surface area contributed by atoms with Crippen LogP contribution in [0.25, 0.3) is 0 Å². The molecule has 2 aromatic rings. The Morgan fingerprint density at radius 3 is 2.20 bits per heavy atom. The van der Waals surface area contributed by atoms with Gasteiger partial charge in [0.25, 0.3) is 5.91 Å². The molecule has 0 spiro atoms.